The first-order valence-corrected chi connectivity index (χ1v) is 35.9. The summed E-state index contributed by atoms with van der Waals surface area (Å²) in [5.74, 6) is -6.52. The minimum Gasteiger partial charge on any atom is -0.508 e. The van der Waals surface area contributed by atoms with Gasteiger partial charge in [-0.3, -0.25) is 23.7 Å². The molecule has 2 aromatic heterocycles. The lowest BCUT2D eigenvalue weighted by Crippen LogP contribution is -2.81. The Kier molecular flexibility index (Phi) is 21.2. The average Bonchev–Trinajstić information content (AvgIpc) is 0.738. The number of aromatic nitrogens is 6. The van der Waals surface area contributed by atoms with Gasteiger partial charge in [-0.05, 0) is 125 Å². The fourth-order valence-corrected chi connectivity index (χ4v) is 16.1. The number of phenolic OH excluding ortho intramolecular Hbond substituents is 2. The molecule has 29 nitrogen and oxygen atoms in total. The zero-order chi connectivity index (χ0) is 76.1. The van der Waals surface area contributed by atoms with Gasteiger partial charge in [0.2, 0.25) is 23.8 Å². The van der Waals surface area contributed by atoms with Crippen LogP contribution in [0.2, 0.25) is 0 Å². The van der Waals surface area contributed by atoms with E-state index in [-0.39, 0.29) is 102 Å². The number of amides is 2. The Morgan fingerprint density at radius 1 is 0.811 bits per heavy atom. The number of phenols is 2. The Labute approximate surface area is 613 Å². The van der Waals surface area contributed by atoms with Gasteiger partial charge < -0.3 is 79.1 Å². The third-order valence-electron chi connectivity index (χ3n) is 21.8. The highest BCUT2D eigenvalue weighted by Gasteiger charge is 2.78. The Morgan fingerprint density at radius 3 is 2.04 bits per heavy atom. The molecule has 6 aromatic rings. The van der Waals surface area contributed by atoms with Crippen LogP contribution < -0.4 is 25.2 Å². The summed E-state index contributed by atoms with van der Waals surface area (Å²) in [4.78, 5) is 119. The maximum atomic E-state index is 15.7. The number of alkyl carbamates (subject to hydrolysis) is 1. The van der Waals surface area contributed by atoms with Gasteiger partial charge in [-0.15, -0.1) is 10.2 Å². The standard InChI is InChI=1S/C77H92N10O19/c1-12-78-66(94)65-84-83-64(51-35-50(41(2)3)52(89)36-53(51)90)87(65)47-23-25-48(26-24-47)101-49-29-33-86(34-30-49)71-80-40-79-70(82-71)85-31-27-46(28-32-85)67(95)103-60(58(44-19-15-13-16-20-44)81-72(98)106-73(6,7)8)69(97)102-54-38-77(99)63(104-68(96)45-21-17-14-18-22-45)61-75(11,62(93)59(92)57(42(54)4)74(77,9)10)55(91)37-56-76(61,39-100-56)105-43(5)88/h13-26,35-36,40-41,46,49,54-56,58-61,63,89-92,99H,12,27-34,37-39H2,1-11H3,(H,78,94)(H,81,98)/t54-,55-,56+,58-,59+,60+,61-,63-,75+,76-,77+/m0/s1. The monoisotopic (exact) mass is 1460 g/mol. The van der Waals surface area contributed by atoms with E-state index in [2.05, 4.69) is 30.8 Å². The zero-order valence-electron chi connectivity index (χ0n) is 61.2. The van der Waals surface area contributed by atoms with Crippen molar-refractivity contribution in [1.82, 2.24) is 40.3 Å². The molecule has 2 bridgehead atoms. The second kappa shape index (κ2) is 29.7. The number of nitrogens with zero attached hydrogens (tertiary/aromatic N) is 8. The second-order valence-corrected chi connectivity index (χ2v) is 30.3. The van der Waals surface area contributed by atoms with Gasteiger partial charge in [-0.1, -0.05) is 76.2 Å². The molecule has 4 aromatic carbocycles. The number of ketones is 1. The number of ether oxygens (including phenoxy) is 7. The molecular weight excluding hydrogens is 1370 g/mol. The number of carbonyl (C=O) groups excluding carboxylic acids is 7. The Bertz CT molecular complexity index is 4340. The number of nitrogens with one attached hydrogen (secondary N) is 2. The van der Waals surface area contributed by atoms with Crippen molar-refractivity contribution in [2.24, 2.45) is 22.7 Å². The fraction of sp³-hybridized carbons (Fsp3) is 0.506. The third kappa shape index (κ3) is 14.3. The smallest absolute Gasteiger partial charge is 0.408 e. The molecule has 0 unspecified atom stereocenters. The van der Waals surface area contributed by atoms with Gasteiger partial charge in [0.05, 0.1) is 41.1 Å². The number of carbonyl (C=O) groups is 7. The number of aliphatic hydroxyl groups excluding tert-OH is 2. The van der Waals surface area contributed by atoms with E-state index in [9.17, 15) is 49.5 Å². The number of aliphatic hydroxyl groups is 3. The van der Waals surface area contributed by atoms with Crippen molar-refractivity contribution >= 4 is 53.6 Å². The SMILES string of the molecule is CCNC(=O)c1nnc(-c2cc(C(C)C)c(O)cc2O)n1-c1ccc(OC2CCN(c3ncnc(N4CCC(C(=O)O[C@@H](C(=O)O[C@H]5C[C@@]6(O)[C@@H](OC(=O)c7ccccc7)[C@@H]7[C@]8(OC(C)=O)CO[C@@H]8C[C@H](O)[C@@]7(C)C(=O)[C@H](O)C(=C5C)C6(C)C)[C@@H](NC(=O)OC(C)(C)C)c5ccccc5)CC4)n3)CC2)cc1. The molecule has 564 valence electrons. The highest BCUT2D eigenvalue weighted by Crippen LogP contribution is 2.64. The third-order valence-corrected chi connectivity index (χ3v) is 21.8. The number of aromatic hydroxyl groups is 2. The molecule has 3 aliphatic heterocycles. The van der Waals surface area contributed by atoms with Crippen LogP contribution in [0.4, 0.5) is 16.7 Å². The van der Waals surface area contributed by atoms with Crippen LogP contribution in [-0.4, -0.2) is 196 Å². The number of piperidine rings is 2. The van der Waals surface area contributed by atoms with E-state index < -0.39 is 130 Å². The average molecular weight is 1460 g/mol. The molecule has 5 heterocycles. The van der Waals surface area contributed by atoms with E-state index in [1.54, 1.807) is 125 Å². The molecule has 3 aliphatic carbocycles. The van der Waals surface area contributed by atoms with Crippen molar-refractivity contribution in [2.45, 2.75) is 186 Å². The number of esters is 4. The molecule has 2 amide bonds. The number of hydrogen-bond donors (Lipinski definition) is 7. The lowest BCUT2D eigenvalue weighted by molar-refractivity contribution is -0.346. The van der Waals surface area contributed by atoms with Gasteiger partial charge in [-0.25, -0.2) is 24.4 Å². The van der Waals surface area contributed by atoms with E-state index >= 15 is 9.59 Å². The van der Waals surface area contributed by atoms with Crippen molar-refractivity contribution in [3.8, 4) is 34.3 Å². The Hall–Kier alpha value is -10.1. The summed E-state index contributed by atoms with van der Waals surface area (Å²) in [5, 5.41) is 74.6. The number of anilines is 2. The topological polar surface area (TPSA) is 385 Å². The molecule has 7 N–H and O–H groups in total. The first-order chi connectivity index (χ1) is 50.3. The number of Topliss-reactive ketones (excluding diaryl/α,β-unsaturated/α-hetero) is 1. The van der Waals surface area contributed by atoms with E-state index in [0.717, 1.165) is 6.92 Å². The van der Waals surface area contributed by atoms with Gasteiger partial charge in [0.25, 0.3) is 5.91 Å². The quantitative estimate of drug-likeness (QED) is 0.0234. The van der Waals surface area contributed by atoms with E-state index in [1.165, 1.54) is 38.4 Å². The van der Waals surface area contributed by atoms with Crippen LogP contribution in [0.3, 0.4) is 0 Å². The predicted octanol–water partition coefficient (Wildman–Crippen LogP) is 7.49. The lowest BCUT2D eigenvalue weighted by Gasteiger charge is -2.67. The summed E-state index contributed by atoms with van der Waals surface area (Å²) in [5.41, 5.74) is -7.50. The van der Waals surface area contributed by atoms with Gasteiger partial charge in [-0.2, -0.15) is 4.98 Å². The largest absolute Gasteiger partial charge is 0.508 e. The Morgan fingerprint density at radius 2 is 1.44 bits per heavy atom. The molecule has 11 atom stereocenters. The van der Waals surface area contributed by atoms with E-state index in [0.29, 0.717) is 61.4 Å². The number of hydrogen-bond acceptors (Lipinski definition) is 26. The summed E-state index contributed by atoms with van der Waals surface area (Å²) in [6.07, 6.45) is -9.29. The van der Waals surface area contributed by atoms with Gasteiger partial charge in [0, 0.05) is 82.5 Å². The summed E-state index contributed by atoms with van der Waals surface area (Å²) < 4.78 is 45.2. The molecule has 12 rings (SSSR count). The van der Waals surface area contributed by atoms with Crippen LogP contribution >= 0.6 is 0 Å². The van der Waals surface area contributed by atoms with Crippen molar-refractivity contribution in [3.63, 3.8) is 0 Å². The summed E-state index contributed by atoms with van der Waals surface area (Å²) in [7, 11) is 0. The van der Waals surface area contributed by atoms with Gasteiger partial charge in [0.1, 0.15) is 71.3 Å². The minimum absolute atomic E-state index is 0.00229. The molecule has 29 heteroatoms. The summed E-state index contributed by atoms with van der Waals surface area (Å²) in [6, 6.07) is 24.5. The first kappa shape index (κ1) is 75.6. The number of benzene rings is 4. The normalized spacial score (nSPS) is 25.8. The molecule has 6 aliphatic rings. The van der Waals surface area contributed by atoms with Crippen LogP contribution in [0, 0.1) is 22.7 Å². The molecular formula is C77H92N10O19. The first-order valence-electron chi connectivity index (χ1n) is 35.9. The van der Waals surface area contributed by atoms with Crippen LogP contribution in [0.15, 0.2) is 115 Å². The van der Waals surface area contributed by atoms with Crippen molar-refractivity contribution in [2.75, 3.05) is 49.1 Å². The van der Waals surface area contributed by atoms with E-state index in [1.807, 2.05) is 23.6 Å². The lowest BCUT2D eigenvalue weighted by atomic mass is 9.44. The molecule has 5 fully saturated rings. The minimum atomic E-state index is -2.48. The summed E-state index contributed by atoms with van der Waals surface area (Å²) in [6.45, 7) is 19.2. The van der Waals surface area contributed by atoms with E-state index in [4.69, 9.17) is 38.1 Å². The zero-order valence-corrected chi connectivity index (χ0v) is 61.2. The van der Waals surface area contributed by atoms with Crippen LogP contribution in [0.25, 0.3) is 17.1 Å². The predicted molar refractivity (Wildman–Crippen MR) is 380 cm³/mol. The highest BCUT2D eigenvalue weighted by molar-refractivity contribution is 5.95. The van der Waals surface area contributed by atoms with Crippen LogP contribution in [-0.2, 0) is 47.6 Å². The Balaban J connectivity index is 0.767. The summed E-state index contributed by atoms with van der Waals surface area (Å²) >= 11 is 0. The molecule has 3 saturated heterocycles. The second-order valence-electron chi connectivity index (χ2n) is 30.3. The maximum absolute atomic E-state index is 15.7. The number of fused-ring (bicyclic) bond motifs is 5. The van der Waals surface area contributed by atoms with Crippen molar-refractivity contribution in [1.29, 1.82) is 0 Å². The molecule has 0 radical (unpaired) electrons. The van der Waals surface area contributed by atoms with Gasteiger partial charge >= 0.3 is 30.0 Å². The highest BCUT2D eigenvalue weighted by atomic mass is 16.6. The molecule has 2 saturated carbocycles. The van der Waals surface area contributed by atoms with Crippen LogP contribution in [0.1, 0.15) is 159 Å². The molecule has 106 heavy (non-hydrogen) atoms. The maximum Gasteiger partial charge on any atom is 0.408 e. The van der Waals surface area contributed by atoms with Crippen LogP contribution in [0.5, 0.6) is 17.2 Å². The van der Waals surface area contributed by atoms with Gasteiger partial charge in [0.15, 0.2) is 17.2 Å². The number of rotatable bonds is 19. The molecule has 0 spiro atoms. The van der Waals surface area contributed by atoms with Crippen molar-refractivity contribution < 1.29 is 92.3 Å². The fourth-order valence-electron chi connectivity index (χ4n) is 16.1. The van der Waals surface area contributed by atoms with Crippen molar-refractivity contribution in [3.05, 3.63) is 137 Å².